The molecule has 0 aromatic carbocycles. The van der Waals surface area contributed by atoms with Crippen molar-refractivity contribution in [2.75, 3.05) is 19.6 Å². The molecule has 0 amide bonds. The van der Waals surface area contributed by atoms with Gasteiger partial charge in [0.1, 0.15) is 0 Å². The van der Waals surface area contributed by atoms with Crippen molar-refractivity contribution in [3.63, 3.8) is 0 Å². The molecule has 0 bridgehead atoms. The fourth-order valence-corrected chi connectivity index (χ4v) is 2.20. The number of piperidine rings is 1. The van der Waals surface area contributed by atoms with Crippen molar-refractivity contribution in [1.29, 1.82) is 0 Å². The van der Waals surface area contributed by atoms with Crippen LogP contribution in [-0.2, 0) is 0 Å². The minimum atomic E-state index is 0.444. The van der Waals surface area contributed by atoms with Crippen LogP contribution in [0.5, 0.6) is 0 Å². The van der Waals surface area contributed by atoms with E-state index in [0.717, 1.165) is 6.42 Å². The Morgan fingerprint density at radius 2 is 2.00 bits per heavy atom. The Balaban J connectivity index is 2.27. The summed E-state index contributed by atoms with van der Waals surface area (Å²) in [6.07, 6.45) is 12.5. The number of nitrogens with zero attached hydrogens (tertiary/aromatic N) is 1. The number of rotatable bonds is 6. The van der Waals surface area contributed by atoms with Crippen LogP contribution in [0.2, 0.25) is 0 Å². The predicted molar refractivity (Wildman–Crippen MR) is 76.1 cm³/mol. The standard InChI is InChI=1S/C15H28N2/c1-3-5-6-7-14(4-2)8-11-17-12-9-15(16)10-13-17/h5-7,15H,3-4,8-13,16H2,1-2H3/b6-5-,14-7+. The molecule has 0 radical (unpaired) electrons. The SMILES string of the molecule is CC/C=C\C=C(/CC)CCN1CCC(N)CC1. The maximum absolute atomic E-state index is 5.91. The summed E-state index contributed by atoms with van der Waals surface area (Å²) >= 11 is 0. The second kappa shape index (κ2) is 8.48. The molecule has 0 atom stereocenters. The van der Waals surface area contributed by atoms with Crippen molar-refractivity contribution in [3.05, 3.63) is 23.8 Å². The third-order valence-corrected chi connectivity index (χ3v) is 3.54. The summed E-state index contributed by atoms with van der Waals surface area (Å²) in [5, 5.41) is 0. The van der Waals surface area contributed by atoms with E-state index in [0.29, 0.717) is 6.04 Å². The van der Waals surface area contributed by atoms with Crippen molar-refractivity contribution in [3.8, 4) is 0 Å². The second-order valence-electron chi connectivity index (χ2n) is 4.94. The largest absolute Gasteiger partial charge is 0.328 e. The van der Waals surface area contributed by atoms with E-state index in [2.05, 4.69) is 37.0 Å². The normalized spacial score (nSPS) is 20.3. The van der Waals surface area contributed by atoms with E-state index in [1.807, 2.05) is 0 Å². The molecule has 2 N–H and O–H groups in total. The fourth-order valence-electron chi connectivity index (χ4n) is 2.20. The molecular formula is C15H28N2. The van der Waals surface area contributed by atoms with Gasteiger partial charge in [0.15, 0.2) is 0 Å². The molecule has 0 saturated carbocycles. The van der Waals surface area contributed by atoms with Crippen molar-refractivity contribution in [1.82, 2.24) is 4.90 Å². The highest BCUT2D eigenvalue weighted by Gasteiger charge is 2.15. The van der Waals surface area contributed by atoms with Crippen LogP contribution in [0.3, 0.4) is 0 Å². The Bertz CT molecular complexity index is 248. The first-order chi connectivity index (χ1) is 8.26. The van der Waals surface area contributed by atoms with Gasteiger partial charge in [0, 0.05) is 12.6 Å². The topological polar surface area (TPSA) is 29.3 Å². The third kappa shape index (κ3) is 6.04. The van der Waals surface area contributed by atoms with E-state index in [9.17, 15) is 0 Å². The lowest BCUT2D eigenvalue weighted by Crippen LogP contribution is -2.40. The molecule has 17 heavy (non-hydrogen) atoms. The molecule has 0 aliphatic carbocycles. The zero-order chi connectivity index (χ0) is 12.5. The van der Waals surface area contributed by atoms with Gasteiger partial charge in [-0.3, -0.25) is 0 Å². The van der Waals surface area contributed by atoms with E-state index in [4.69, 9.17) is 5.73 Å². The van der Waals surface area contributed by atoms with Crippen molar-refractivity contribution in [2.24, 2.45) is 5.73 Å². The maximum atomic E-state index is 5.91. The van der Waals surface area contributed by atoms with E-state index in [1.54, 1.807) is 5.57 Å². The van der Waals surface area contributed by atoms with Gasteiger partial charge in [-0.2, -0.15) is 0 Å². The molecule has 98 valence electrons. The highest BCUT2D eigenvalue weighted by Crippen LogP contribution is 2.12. The number of allylic oxidation sites excluding steroid dienone is 3. The van der Waals surface area contributed by atoms with Crippen LogP contribution in [0, 0.1) is 0 Å². The van der Waals surface area contributed by atoms with Gasteiger partial charge >= 0.3 is 0 Å². The Morgan fingerprint density at radius 1 is 1.29 bits per heavy atom. The Kier molecular flexibility index (Phi) is 7.22. The molecule has 1 aliphatic heterocycles. The molecule has 1 saturated heterocycles. The minimum absolute atomic E-state index is 0.444. The van der Waals surface area contributed by atoms with Crippen molar-refractivity contribution >= 4 is 0 Å². The first-order valence-corrected chi connectivity index (χ1v) is 7.08. The first kappa shape index (κ1) is 14.5. The van der Waals surface area contributed by atoms with E-state index >= 15 is 0 Å². The van der Waals surface area contributed by atoms with Gasteiger partial charge in [-0.1, -0.05) is 37.6 Å². The molecule has 2 nitrogen and oxygen atoms in total. The van der Waals surface area contributed by atoms with E-state index in [-0.39, 0.29) is 0 Å². The molecule has 2 heteroatoms. The van der Waals surface area contributed by atoms with Gasteiger partial charge in [0.25, 0.3) is 0 Å². The Hall–Kier alpha value is -0.600. The fraction of sp³-hybridized carbons (Fsp3) is 0.733. The quantitative estimate of drug-likeness (QED) is 0.718. The summed E-state index contributed by atoms with van der Waals surface area (Å²) in [4.78, 5) is 2.55. The lowest BCUT2D eigenvalue weighted by molar-refractivity contribution is 0.215. The van der Waals surface area contributed by atoms with Crippen LogP contribution in [0.1, 0.15) is 46.0 Å². The summed E-state index contributed by atoms with van der Waals surface area (Å²) in [5.41, 5.74) is 7.47. The lowest BCUT2D eigenvalue weighted by atomic mass is 10.0. The van der Waals surface area contributed by atoms with Crippen molar-refractivity contribution in [2.45, 2.75) is 52.0 Å². The van der Waals surface area contributed by atoms with Gasteiger partial charge in [-0.05, 0) is 45.2 Å². The van der Waals surface area contributed by atoms with Crippen LogP contribution in [0.25, 0.3) is 0 Å². The lowest BCUT2D eigenvalue weighted by Gasteiger charge is -2.30. The molecule has 0 aromatic heterocycles. The van der Waals surface area contributed by atoms with Gasteiger partial charge < -0.3 is 10.6 Å². The molecule has 0 spiro atoms. The van der Waals surface area contributed by atoms with Gasteiger partial charge in [-0.15, -0.1) is 0 Å². The van der Waals surface area contributed by atoms with Gasteiger partial charge in [-0.25, -0.2) is 0 Å². The van der Waals surface area contributed by atoms with Gasteiger partial charge in [0.2, 0.25) is 0 Å². The zero-order valence-corrected chi connectivity index (χ0v) is 11.5. The van der Waals surface area contributed by atoms with E-state index in [1.165, 1.54) is 45.3 Å². The first-order valence-electron chi connectivity index (χ1n) is 7.08. The average molecular weight is 236 g/mol. The number of hydrogen-bond acceptors (Lipinski definition) is 2. The summed E-state index contributed by atoms with van der Waals surface area (Å²) < 4.78 is 0. The highest BCUT2D eigenvalue weighted by molar-refractivity contribution is 5.12. The minimum Gasteiger partial charge on any atom is -0.328 e. The summed E-state index contributed by atoms with van der Waals surface area (Å²) in [7, 11) is 0. The Labute approximate surface area is 107 Å². The maximum Gasteiger partial charge on any atom is 0.00631 e. The number of nitrogens with two attached hydrogens (primary N) is 1. The molecule has 0 aromatic rings. The van der Waals surface area contributed by atoms with Crippen LogP contribution in [0.4, 0.5) is 0 Å². The summed E-state index contributed by atoms with van der Waals surface area (Å²) in [6.45, 7) is 7.99. The smallest absolute Gasteiger partial charge is 0.00631 e. The van der Waals surface area contributed by atoms with Crippen LogP contribution in [0.15, 0.2) is 23.8 Å². The van der Waals surface area contributed by atoms with Crippen LogP contribution >= 0.6 is 0 Å². The second-order valence-corrected chi connectivity index (χ2v) is 4.94. The monoisotopic (exact) mass is 236 g/mol. The molecular weight excluding hydrogens is 208 g/mol. The summed E-state index contributed by atoms with van der Waals surface area (Å²) in [5.74, 6) is 0. The molecule has 1 fully saturated rings. The Morgan fingerprint density at radius 3 is 2.59 bits per heavy atom. The molecule has 1 heterocycles. The summed E-state index contributed by atoms with van der Waals surface area (Å²) in [6, 6.07) is 0.444. The highest BCUT2D eigenvalue weighted by atomic mass is 15.1. The number of hydrogen-bond donors (Lipinski definition) is 1. The van der Waals surface area contributed by atoms with Crippen LogP contribution in [-0.4, -0.2) is 30.6 Å². The zero-order valence-electron chi connectivity index (χ0n) is 11.5. The third-order valence-electron chi connectivity index (χ3n) is 3.54. The molecule has 1 aliphatic rings. The van der Waals surface area contributed by atoms with Crippen molar-refractivity contribution < 1.29 is 0 Å². The van der Waals surface area contributed by atoms with Gasteiger partial charge in [0.05, 0.1) is 0 Å². The average Bonchev–Trinajstić information content (AvgIpc) is 2.35. The molecule has 0 unspecified atom stereocenters. The number of likely N-dealkylation sites (tertiary alicyclic amines) is 1. The molecule has 1 rings (SSSR count). The van der Waals surface area contributed by atoms with E-state index < -0.39 is 0 Å². The predicted octanol–water partition coefficient (Wildman–Crippen LogP) is 3.10. The van der Waals surface area contributed by atoms with Crippen LogP contribution < -0.4 is 5.73 Å².